The molecule has 27 heavy (non-hydrogen) atoms. The minimum Gasteiger partial charge on any atom is -0.351 e. The maximum Gasteiger partial charge on any atom is 0.328 e. The fourth-order valence-corrected chi connectivity index (χ4v) is 3.35. The summed E-state index contributed by atoms with van der Waals surface area (Å²) in [4.78, 5) is 39.8. The van der Waals surface area contributed by atoms with Gasteiger partial charge >= 0.3 is 5.69 Å². The summed E-state index contributed by atoms with van der Waals surface area (Å²) in [6, 6.07) is 6.63. The molecule has 7 nitrogen and oxygen atoms in total. The first kappa shape index (κ1) is 19.0. The summed E-state index contributed by atoms with van der Waals surface area (Å²) in [6.07, 6.45) is 3.11. The van der Waals surface area contributed by atoms with Crippen LogP contribution in [-0.2, 0) is 17.9 Å². The largest absolute Gasteiger partial charge is 0.351 e. The predicted molar refractivity (Wildman–Crippen MR) is 98.9 cm³/mol. The molecule has 2 heterocycles. The van der Waals surface area contributed by atoms with Gasteiger partial charge in [0, 0.05) is 36.5 Å². The first-order valence-electron chi connectivity index (χ1n) is 8.98. The van der Waals surface area contributed by atoms with Crippen LogP contribution in [0.5, 0.6) is 0 Å². The molecule has 1 aliphatic heterocycles. The molecule has 3 rings (SSSR count). The summed E-state index contributed by atoms with van der Waals surface area (Å²) in [5.41, 5.74) is -0.0471. The Kier molecular flexibility index (Phi) is 5.85. The Labute approximate surface area is 155 Å². The maximum absolute atomic E-state index is 13.8. The standard InChI is InChI=1S/C19H23FN4O3/c1-13-9-24(19(27)22-18(13)26)12-17(25)21-15-6-4-8-23(11-15)10-14-5-2-3-7-16(14)20/h2-3,5,7,9,15H,4,6,8,10-12H2,1H3,(H,21,25)(H,22,26,27)/t15-/m0/s1. The molecule has 0 bridgehead atoms. The summed E-state index contributed by atoms with van der Waals surface area (Å²) >= 11 is 0. The zero-order valence-electron chi connectivity index (χ0n) is 15.2. The predicted octanol–water partition coefficient (Wildman–Crippen LogP) is 0.765. The van der Waals surface area contributed by atoms with E-state index in [2.05, 4.69) is 15.2 Å². The molecule has 1 aromatic carbocycles. The fourth-order valence-electron chi connectivity index (χ4n) is 3.35. The molecule has 0 saturated carbocycles. The Morgan fingerprint density at radius 1 is 1.33 bits per heavy atom. The number of hydrogen-bond acceptors (Lipinski definition) is 4. The van der Waals surface area contributed by atoms with Crippen molar-refractivity contribution in [2.45, 2.75) is 38.9 Å². The van der Waals surface area contributed by atoms with Crippen molar-refractivity contribution in [3.05, 3.63) is 68.2 Å². The number of aryl methyl sites for hydroxylation is 1. The number of nitrogens with zero attached hydrogens (tertiary/aromatic N) is 2. The van der Waals surface area contributed by atoms with Crippen LogP contribution in [-0.4, -0.2) is 39.5 Å². The lowest BCUT2D eigenvalue weighted by molar-refractivity contribution is -0.122. The van der Waals surface area contributed by atoms with Crippen molar-refractivity contribution in [1.82, 2.24) is 19.8 Å². The quantitative estimate of drug-likeness (QED) is 0.809. The summed E-state index contributed by atoms with van der Waals surface area (Å²) in [6.45, 7) is 3.39. The Balaban J connectivity index is 1.58. The fraction of sp³-hybridized carbons (Fsp3) is 0.421. The molecular formula is C19H23FN4O3. The maximum atomic E-state index is 13.8. The highest BCUT2D eigenvalue weighted by atomic mass is 19.1. The normalized spacial score (nSPS) is 17.6. The van der Waals surface area contributed by atoms with Crippen LogP contribution < -0.4 is 16.6 Å². The third-order valence-electron chi connectivity index (χ3n) is 4.73. The summed E-state index contributed by atoms with van der Waals surface area (Å²) in [5, 5.41) is 2.93. The highest BCUT2D eigenvalue weighted by Gasteiger charge is 2.22. The van der Waals surface area contributed by atoms with Crippen LogP contribution in [0.4, 0.5) is 4.39 Å². The van der Waals surface area contributed by atoms with Crippen LogP contribution in [0.3, 0.4) is 0 Å². The van der Waals surface area contributed by atoms with Gasteiger partial charge in [0.05, 0.1) is 0 Å². The van der Waals surface area contributed by atoms with Crippen LogP contribution in [0.15, 0.2) is 40.1 Å². The summed E-state index contributed by atoms with van der Waals surface area (Å²) < 4.78 is 15.0. The van der Waals surface area contributed by atoms with Gasteiger partial charge in [-0.1, -0.05) is 18.2 Å². The van der Waals surface area contributed by atoms with E-state index < -0.39 is 11.2 Å². The Hall–Kier alpha value is -2.74. The van der Waals surface area contributed by atoms with E-state index in [1.165, 1.54) is 16.8 Å². The lowest BCUT2D eigenvalue weighted by atomic mass is 10.0. The molecule has 1 amide bonds. The molecular weight excluding hydrogens is 351 g/mol. The van der Waals surface area contributed by atoms with Crippen LogP contribution >= 0.6 is 0 Å². The monoisotopic (exact) mass is 374 g/mol. The van der Waals surface area contributed by atoms with E-state index in [-0.39, 0.29) is 24.3 Å². The van der Waals surface area contributed by atoms with Crippen molar-refractivity contribution in [3.63, 3.8) is 0 Å². The van der Waals surface area contributed by atoms with Crippen molar-refractivity contribution in [3.8, 4) is 0 Å². The van der Waals surface area contributed by atoms with Crippen LogP contribution in [0.2, 0.25) is 0 Å². The molecule has 8 heteroatoms. The minimum absolute atomic E-state index is 0.0578. The molecule has 2 N–H and O–H groups in total. The number of aromatic amines is 1. The number of carbonyl (C=O) groups is 1. The number of amides is 1. The molecule has 1 aliphatic rings. The average molecular weight is 374 g/mol. The van der Waals surface area contributed by atoms with E-state index in [1.54, 1.807) is 19.1 Å². The van der Waals surface area contributed by atoms with Gasteiger partial charge in [-0.25, -0.2) is 9.18 Å². The number of halogens is 1. The van der Waals surface area contributed by atoms with E-state index in [0.717, 1.165) is 19.4 Å². The first-order chi connectivity index (χ1) is 12.9. The van der Waals surface area contributed by atoms with Crippen molar-refractivity contribution in [2.24, 2.45) is 0 Å². The SMILES string of the molecule is Cc1cn(CC(=O)N[C@H]2CCCN(Cc3ccccc3F)C2)c(=O)[nH]c1=O. The molecule has 2 aromatic rings. The number of rotatable bonds is 5. The molecule has 1 saturated heterocycles. The lowest BCUT2D eigenvalue weighted by Gasteiger charge is -2.33. The van der Waals surface area contributed by atoms with Crippen molar-refractivity contribution < 1.29 is 9.18 Å². The molecule has 0 spiro atoms. The van der Waals surface area contributed by atoms with Crippen molar-refractivity contribution in [2.75, 3.05) is 13.1 Å². The lowest BCUT2D eigenvalue weighted by Crippen LogP contribution is -2.48. The van der Waals surface area contributed by atoms with E-state index in [0.29, 0.717) is 24.2 Å². The molecule has 144 valence electrons. The van der Waals surface area contributed by atoms with Gasteiger partial charge in [0.2, 0.25) is 5.91 Å². The van der Waals surface area contributed by atoms with E-state index in [4.69, 9.17) is 0 Å². The van der Waals surface area contributed by atoms with Gasteiger partial charge in [0.15, 0.2) is 0 Å². The number of benzene rings is 1. The van der Waals surface area contributed by atoms with Gasteiger partial charge in [-0.05, 0) is 32.4 Å². The Morgan fingerprint density at radius 2 is 2.11 bits per heavy atom. The first-order valence-corrected chi connectivity index (χ1v) is 8.98. The molecule has 1 aromatic heterocycles. The van der Waals surface area contributed by atoms with Crippen molar-refractivity contribution >= 4 is 5.91 Å². The van der Waals surface area contributed by atoms with Gasteiger partial charge < -0.3 is 5.32 Å². The number of carbonyl (C=O) groups excluding carboxylic acids is 1. The van der Waals surface area contributed by atoms with E-state index in [1.807, 2.05) is 6.07 Å². The number of likely N-dealkylation sites (tertiary alicyclic amines) is 1. The summed E-state index contributed by atoms with van der Waals surface area (Å²) in [7, 11) is 0. The number of H-pyrrole nitrogens is 1. The second kappa shape index (κ2) is 8.30. The average Bonchev–Trinajstić information content (AvgIpc) is 2.62. The summed E-state index contributed by atoms with van der Waals surface area (Å²) in [5.74, 6) is -0.516. The highest BCUT2D eigenvalue weighted by Crippen LogP contribution is 2.15. The van der Waals surface area contributed by atoms with Crippen LogP contribution in [0, 0.1) is 12.7 Å². The van der Waals surface area contributed by atoms with Crippen LogP contribution in [0.25, 0.3) is 0 Å². The minimum atomic E-state index is -0.606. The second-order valence-corrected chi connectivity index (χ2v) is 6.93. The third-order valence-corrected chi connectivity index (χ3v) is 4.73. The number of nitrogens with one attached hydrogen (secondary N) is 2. The molecule has 0 radical (unpaired) electrons. The Morgan fingerprint density at radius 3 is 2.89 bits per heavy atom. The van der Waals surface area contributed by atoms with E-state index >= 15 is 0 Å². The highest BCUT2D eigenvalue weighted by molar-refractivity contribution is 5.76. The zero-order chi connectivity index (χ0) is 19.4. The third kappa shape index (κ3) is 4.91. The van der Waals surface area contributed by atoms with Gasteiger partial charge in [-0.2, -0.15) is 0 Å². The number of piperidine rings is 1. The zero-order valence-corrected chi connectivity index (χ0v) is 15.2. The van der Waals surface area contributed by atoms with Crippen LogP contribution in [0.1, 0.15) is 24.0 Å². The van der Waals surface area contributed by atoms with Gasteiger partial charge in [-0.15, -0.1) is 0 Å². The van der Waals surface area contributed by atoms with Gasteiger partial charge in [0.1, 0.15) is 12.4 Å². The van der Waals surface area contributed by atoms with Gasteiger partial charge in [0.25, 0.3) is 5.56 Å². The van der Waals surface area contributed by atoms with Gasteiger partial charge in [-0.3, -0.25) is 24.0 Å². The second-order valence-electron chi connectivity index (χ2n) is 6.93. The van der Waals surface area contributed by atoms with Crippen molar-refractivity contribution in [1.29, 1.82) is 0 Å². The Bertz CT molecular complexity index is 937. The number of hydrogen-bond donors (Lipinski definition) is 2. The smallest absolute Gasteiger partial charge is 0.328 e. The molecule has 1 fully saturated rings. The molecule has 0 unspecified atom stereocenters. The topological polar surface area (TPSA) is 87.2 Å². The van der Waals surface area contributed by atoms with E-state index in [9.17, 15) is 18.8 Å². The molecule has 1 atom stereocenters. The number of aromatic nitrogens is 2. The molecule has 0 aliphatic carbocycles.